The van der Waals surface area contributed by atoms with Gasteiger partial charge in [0.05, 0.1) is 0 Å². The van der Waals surface area contributed by atoms with E-state index in [4.69, 9.17) is 4.74 Å². The van der Waals surface area contributed by atoms with Crippen molar-refractivity contribution in [3.05, 3.63) is 54.3 Å². The van der Waals surface area contributed by atoms with Crippen LogP contribution in [0.4, 0.5) is 4.39 Å². The van der Waals surface area contributed by atoms with Gasteiger partial charge >= 0.3 is 0 Å². The van der Waals surface area contributed by atoms with Gasteiger partial charge in [-0.25, -0.2) is 4.39 Å². The van der Waals surface area contributed by atoms with E-state index in [-0.39, 0.29) is 11.9 Å². The zero-order valence-electron chi connectivity index (χ0n) is 12.5. The zero-order valence-corrected chi connectivity index (χ0v) is 12.5. The molecule has 3 heteroatoms. The molecule has 3 atom stereocenters. The molecule has 0 amide bonds. The van der Waals surface area contributed by atoms with Crippen molar-refractivity contribution in [3.8, 4) is 16.9 Å². The predicted octanol–water partition coefficient (Wildman–Crippen LogP) is 4.15. The van der Waals surface area contributed by atoms with Crippen LogP contribution in [0.15, 0.2) is 48.5 Å². The SMILES string of the molecule is Fc1ccccc1-c1cccc(O[C@@H]2C[C@H]3CC[C@@H](C2)N3)c1. The van der Waals surface area contributed by atoms with Crippen molar-refractivity contribution >= 4 is 0 Å². The summed E-state index contributed by atoms with van der Waals surface area (Å²) in [7, 11) is 0. The summed E-state index contributed by atoms with van der Waals surface area (Å²) in [6.45, 7) is 0. The lowest BCUT2D eigenvalue weighted by Crippen LogP contribution is -2.42. The van der Waals surface area contributed by atoms with Crippen molar-refractivity contribution in [3.63, 3.8) is 0 Å². The third-order valence-electron chi connectivity index (χ3n) is 4.75. The van der Waals surface area contributed by atoms with Crippen LogP contribution in [0.1, 0.15) is 25.7 Å². The van der Waals surface area contributed by atoms with Crippen molar-refractivity contribution in [2.75, 3.05) is 0 Å². The average molecular weight is 297 g/mol. The van der Waals surface area contributed by atoms with E-state index >= 15 is 0 Å². The second-order valence-electron chi connectivity index (χ2n) is 6.36. The normalized spacial score (nSPS) is 26.9. The van der Waals surface area contributed by atoms with Gasteiger partial charge in [0.15, 0.2) is 0 Å². The molecule has 0 saturated carbocycles. The zero-order chi connectivity index (χ0) is 14.9. The fourth-order valence-corrected chi connectivity index (χ4v) is 3.73. The van der Waals surface area contributed by atoms with E-state index in [1.54, 1.807) is 12.1 Å². The maximum absolute atomic E-state index is 13.9. The van der Waals surface area contributed by atoms with Crippen LogP contribution in [0.3, 0.4) is 0 Å². The Kier molecular flexibility index (Phi) is 3.59. The highest BCUT2D eigenvalue weighted by molar-refractivity contribution is 5.65. The molecule has 0 radical (unpaired) electrons. The first-order valence-corrected chi connectivity index (χ1v) is 8.05. The minimum Gasteiger partial charge on any atom is -0.490 e. The van der Waals surface area contributed by atoms with Crippen molar-refractivity contribution in [1.29, 1.82) is 0 Å². The largest absolute Gasteiger partial charge is 0.490 e. The first kappa shape index (κ1) is 13.8. The number of hydrogen-bond acceptors (Lipinski definition) is 2. The minimum absolute atomic E-state index is 0.195. The van der Waals surface area contributed by atoms with Gasteiger partial charge in [-0.3, -0.25) is 0 Å². The molecular weight excluding hydrogens is 277 g/mol. The summed E-state index contributed by atoms with van der Waals surface area (Å²) >= 11 is 0. The van der Waals surface area contributed by atoms with E-state index < -0.39 is 0 Å². The lowest BCUT2D eigenvalue weighted by molar-refractivity contribution is 0.137. The molecule has 2 nitrogen and oxygen atoms in total. The summed E-state index contributed by atoms with van der Waals surface area (Å²) in [5.74, 6) is 0.645. The van der Waals surface area contributed by atoms with Crippen LogP contribution < -0.4 is 10.1 Å². The fraction of sp³-hybridized carbons (Fsp3) is 0.368. The highest BCUT2D eigenvalue weighted by Crippen LogP contribution is 2.31. The number of nitrogens with one attached hydrogen (secondary N) is 1. The number of hydrogen-bond donors (Lipinski definition) is 1. The van der Waals surface area contributed by atoms with Crippen LogP contribution in [0.25, 0.3) is 11.1 Å². The average Bonchev–Trinajstić information content (AvgIpc) is 2.87. The van der Waals surface area contributed by atoms with E-state index in [1.807, 2.05) is 30.3 Å². The second kappa shape index (κ2) is 5.73. The van der Waals surface area contributed by atoms with Gasteiger partial charge < -0.3 is 10.1 Å². The molecule has 0 unspecified atom stereocenters. The number of piperidine rings is 1. The Labute approximate surface area is 130 Å². The molecule has 1 N–H and O–H groups in total. The first-order chi connectivity index (χ1) is 10.8. The van der Waals surface area contributed by atoms with Crippen molar-refractivity contribution in [2.45, 2.75) is 43.9 Å². The van der Waals surface area contributed by atoms with Gasteiger partial charge in [0.25, 0.3) is 0 Å². The predicted molar refractivity (Wildman–Crippen MR) is 85.4 cm³/mol. The third kappa shape index (κ3) is 2.73. The Bertz CT molecular complexity index is 660. The van der Waals surface area contributed by atoms with Gasteiger partial charge in [-0.05, 0) is 49.4 Å². The van der Waals surface area contributed by atoms with Crippen molar-refractivity contribution < 1.29 is 9.13 Å². The quantitative estimate of drug-likeness (QED) is 0.918. The monoisotopic (exact) mass is 297 g/mol. The Morgan fingerprint density at radius 3 is 2.50 bits per heavy atom. The molecule has 2 aliphatic heterocycles. The molecule has 0 aliphatic carbocycles. The number of ether oxygens (including phenoxy) is 1. The first-order valence-electron chi connectivity index (χ1n) is 8.05. The van der Waals surface area contributed by atoms with Crippen LogP contribution >= 0.6 is 0 Å². The van der Waals surface area contributed by atoms with Crippen LogP contribution in [0.2, 0.25) is 0 Å². The van der Waals surface area contributed by atoms with Crippen LogP contribution in [-0.4, -0.2) is 18.2 Å². The Morgan fingerprint density at radius 2 is 1.73 bits per heavy atom. The maximum Gasteiger partial charge on any atom is 0.131 e. The highest BCUT2D eigenvalue weighted by atomic mass is 19.1. The van der Waals surface area contributed by atoms with E-state index in [1.165, 1.54) is 18.9 Å². The molecule has 22 heavy (non-hydrogen) atoms. The molecule has 0 aromatic heterocycles. The Morgan fingerprint density at radius 1 is 0.955 bits per heavy atom. The lowest BCUT2D eigenvalue weighted by Gasteiger charge is -2.29. The molecule has 2 fully saturated rings. The smallest absolute Gasteiger partial charge is 0.131 e. The van der Waals surface area contributed by atoms with Crippen LogP contribution in [-0.2, 0) is 0 Å². The summed E-state index contributed by atoms with van der Waals surface area (Å²) in [6, 6.07) is 15.9. The second-order valence-corrected chi connectivity index (χ2v) is 6.36. The number of halogens is 1. The molecule has 2 aliphatic rings. The molecule has 2 heterocycles. The van der Waals surface area contributed by atoms with E-state index in [0.717, 1.165) is 24.2 Å². The van der Waals surface area contributed by atoms with Gasteiger partial charge in [-0.15, -0.1) is 0 Å². The number of rotatable bonds is 3. The lowest BCUT2D eigenvalue weighted by atomic mass is 10.0. The standard InChI is InChI=1S/C19H20FNO/c20-19-7-2-1-6-18(19)13-4-3-5-16(10-13)22-17-11-14-8-9-15(12-17)21-14/h1-7,10,14-15,17,21H,8-9,11-12H2/t14-,15+,17-. The summed E-state index contributed by atoms with van der Waals surface area (Å²) in [5.41, 5.74) is 1.49. The van der Waals surface area contributed by atoms with Gasteiger partial charge in [0.2, 0.25) is 0 Å². The summed E-state index contributed by atoms with van der Waals surface area (Å²) in [5, 5.41) is 3.62. The van der Waals surface area contributed by atoms with Gasteiger partial charge in [0, 0.05) is 17.6 Å². The maximum atomic E-state index is 13.9. The molecule has 4 rings (SSSR count). The van der Waals surface area contributed by atoms with Crippen LogP contribution in [0, 0.1) is 5.82 Å². The molecule has 0 spiro atoms. The van der Waals surface area contributed by atoms with E-state index in [0.29, 0.717) is 17.6 Å². The summed E-state index contributed by atoms with van der Waals surface area (Å²) in [6.07, 6.45) is 4.94. The number of fused-ring (bicyclic) bond motifs is 2. The fourth-order valence-electron chi connectivity index (χ4n) is 3.73. The van der Waals surface area contributed by atoms with E-state index in [2.05, 4.69) is 5.32 Å². The van der Waals surface area contributed by atoms with Crippen molar-refractivity contribution in [1.82, 2.24) is 5.32 Å². The summed E-state index contributed by atoms with van der Waals surface area (Å²) < 4.78 is 20.1. The molecule has 2 bridgehead atoms. The highest BCUT2D eigenvalue weighted by Gasteiger charge is 2.34. The molecule has 2 saturated heterocycles. The topological polar surface area (TPSA) is 21.3 Å². The van der Waals surface area contributed by atoms with Gasteiger partial charge in [0.1, 0.15) is 17.7 Å². The molecular formula is C19H20FNO. The third-order valence-corrected chi connectivity index (χ3v) is 4.75. The minimum atomic E-state index is -0.195. The van der Waals surface area contributed by atoms with Crippen molar-refractivity contribution in [2.24, 2.45) is 0 Å². The molecule has 2 aromatic rings. The van der Waals surface area contributed by atoms with Crippen LogP contribution in [0.5, 0.6) is 5.75 Å². The Hall–Kier alpha value is -1.87. The Balaban J connectivity index is 1.54. The number of benzene rings is 2. The molecule has 2 aromatic carbocycles. The van der Waals surface area contributed by atoms with E-state index in [9.17, 15) is 4.39 Å². The van der Waals surface area contributed by atoms with Gasteiger partial charge in [-0.2, -0.15) is 0 Å². The summed E-state index contributed by atoms with van der Waals surface area (Å²) in [4.78, 5) is 0. The molecule has 114 valence electrons. The van der Waals surface area contributed by atoms with Gasteiger partial charge in [-0.1, -0.05) is 30.3 Å².